The smallest absolute Gasteiger partial charge is 0.691 e. The zero-order valence-corrected chi connectivity index (χ0v) is 13.2. The molecule has 0 aromatic carbocycles. The maximum Gasteiger partial charge on any atom is 1.00 e. The molecule has 1 aliphatic carbocycles. The molecule has 14 heavy (non-hydrogen) atoms. The maximum atomic E-state index is 6.69. The summed E-state index contributed by atoms with van der Waals surface area (Å²) < 4.78 is 5.38. The molecule has 0 aliphatic heterocycles. The summed E-state index contributed by atoms with van der Waals surface area (Å²) in [6.07, 6.45) is 12.0. The molecule has 0 spiro atoms. The van der Waals surface area contributed by atoms with Crippen molar-refractivity contribution in [2.45, 2.75) is 52.6 Å². The Morgan fingerprint density at radius 3 is 2.14 bits per heavy atom. The second-order valence-corrected chi connectivity index (χ2v) is 3.37. The Labute approximate surface area is 132 Å². The first kappa shape index (κ1) is 17.5. The largest absolute Gasteiger partial charge is 1.00 e. The molecular formula is C12H21KO. The number of rotatable bonds is 2. The van der Waals surface area contributed by atoms with Crippen LogP contribution < -0.4 is 51.4 Å². The second-order valence-electron chi connectivity index (χ2n) is 3.37. The van der Waals surface area contributed by atoms with E-state index in [1.807, 2.05) is 13.8 Å². The fraction of sp³-hybridized carbons (Fsp3) is 0.833. The first-order valence-corrected chi connectivity index (χ1v) is 5.34. The van der Waals surface area contributed by atoms with E-state index in [0.717, 1.165) is 5.92 Å². The molecule has 1 aliphatic rings. The van der Waals surface area contributed by atoms with Crippen molar-refractivity contribution < 1.29 is 56.1 Å². The first-order valence-electron chi connectivity index (χ1n) is 5.34. The Kier molecular flexibility index (Phi) is 15.3. The summed E-state index contributed by atoms with van der Waals surface area (Å²) in [6.45, 7) is 6.66. The van der Waals surface area contributed by atoms with E-state index < -0.39 is 0 Å². The zero-order valence-electron chi connectivity index (χ0n) is 10.1. The summed E-state index contributed by atoms with van der Waals surface area (Å²) in [7, 11) is 0. The Bertz CT molecular complexity index is 143. The minimum atomic E-state index is 0. The summed E-state index contributed by atoms with van der Waals surface area (Å²) in [5.41, 5.74) is 0. The predicted octanol–water partition coefficient (Wildman–Crippen LogP) is 0.202. The van der Waals surface area contributed by atoms with E-state index >= 15 is 0 Å². The average molecular weight is 220 g/mol. The van der Waals surface area contributed by atoms with Gasteiger partial charge in [-0.3, -0.25) is 0 Å². The van der Waals surface area contributed by atoms with Crippen molar-refractivity contribution in [1.29, 1.82) is 0 Å². The molecule has 1 nitrogen and oxygen atoms in total. The third-order valence-corrected chi connectivity index (χ3v) is 2.35. The van der Waals surface area contributed by atoms with Crippen LogP contribution in [0.3, 0.4) is 0 Å². The van der Waals surface area contributed by atoms with Gasteiger partial charge in [-0.2, -0.15) is 0 Å². The van der Waals surface area contributed by atoms with Crippen molar-refractivity contribution in [2.24, 2.45) is 5.92 Å². The normalized spacial score (nSPS) is 25.0. The van der Waals surface area contributed by atoms with Gasteiger partial charge in [0.25, 0.3) is 0 Å². The fourth-order valence-corrected chi connectivity index (χ4v) is 1.56. The third kappa shape index (κ3) is 8.46. The molecule has 0 aromatic rings. The van der Waals surface area contributed by atoms with E-state index in [1.165, 1.54) is 25.7 Å². The molecule has 0 amide bonds. The first-order chi connectivity index (χ1) is 6.33. The molecule has 1 rings (SSSR count). The van der Waals surface area contributed by atoms with Gasteiger partial charge in [0, 0.05) is 0 Å². The van der Waals surface area contributed by atoms with Gasteiger partial charge >= 0.3 is 51.4 Å². The van der Waals surface area contributed by atoms with Gasteiger partial charge in [0.05, 0.1) is 12.7 Å². The molecule has 0 N–H and O–H groups in total. The maximum absolute atomic E-state index is 6.69. The molecule has 0 atom stereocenters. The van der Waals surface area contributed by atoms with Crippen molar-refractivity contribution in [3.05, 3.63) is 6.42 Å². The summed E-state index contributed by atoms with van der Waals surface area (Å²) in [5, 5.41) is 0. The van der Waals surface area contributed by atoms with Crippen molar-refractivity contribution in [3.63, 3.8) is 0 Å². The molecule has 2 heteroatoms. The monoisotopic (exact) mass is 220 g/mol. The van der Waals surface area contributed by atoms with Gasteiger partial charge in [-0.1, -0.05) is 20.8 Å². The molecule has 0 bridgehead atoms. The summed E-state index contributed by atoms with van der Waals surface area (Å²) >= 11 is 0. The van der Waals surface area contributed by atoms with Crippen LogP contribution in [0.15, 0.2) is 0 Å². The van der Waals surface area contributed by atoms with Crippen LogP contribution in [0.1, 0.15) is 46.5 Å². The van der Waals surface area contributed by atoms with E-state index in [2.05, 4.69) is 12.8 Å². The van der Waals surface area contributed by atoms with Gasteiger partial charge in [-0.15, -0.1) is 0 Å². The SMILES string of the molecule is CC.[C-]#CCOC1CCC(C)CC1.[K+]. The van der Waals surface area contributed by atoms with Gasteiger partial charge in [0.2, 0.25) is 0 Å². The van der Waals surface area contributed by atoms with Crippen LogP contribution in [0, 0.1) is 18.3 Å². The van der Waals surface area contributed by atoms with Crippen LogP contribution in [-0.4, -0.2) is 12.7 Å². The van der Waals surface area contributed by atoms with Gasteiger partial charge in [0.1, 0.15) is 0 Å². The molecule has 0 heterocycles. The van der Waals surface area contributed by atoms with Crippen LogP contribution in [0.25, 0.3) is 0 Å². The topological polar surface area (TPSA) is 9.23 Å². The minimum absolute atomic E-state index is 0. The predicted molar refractivity (Wildman–Crippen MR) is 55.9 cm³/mol. The standard InChI is InChI=1S/C10H15O.C2H6.K/c1-3-8-11-10-6-4-9(2)5-7-10;1-2;/h9-10H,4-8H2,2H3;1-2H3;/q-1;;+1. The molecular weight excluding hydrogens is 199 g/mol. The van der Waals surface area contributed by atoms with E-state index in [4.69, 9.17) is 11.2 Å². The van der Waals surface area contributed by atoms with Crippen molar-refractivity contribution in [2.75, 3.05) is 6.61 Å². The van der Waals surface area contributed by atoms with E-state index in [9.17, 15) is 0 Å². The number of hydrogen-bond acceptors (Lipinski definition) is 1. The van der Waals surface area contributed by atoms with Gasteiger partial charge < -0.3 is 17.1 Å². The zero-order chi connectivity index (χ0) is 10.1. The van der Waals surface area contributed by atoms with Gasteiger partial charge in [-0.25, -0.2) is 0 Å². The molecule has 76 valence electrons. The molecule has 0 unspecified atom stereocenters. The molecule has 1 saturated carbocycles. The van der Waals surface area contributed by atoms with Crippen LogP contribution in [0.5, 0.6) is 0 Å². The van der Waals surface area contributed by atoms with Crippen LogP contribution >= 0.6 is 0 Å². The molecule has 1 fully saturated rings. The summed E-state index contributed by atoms with van der Waals surface area (Å²) in [5.74, 6) is 3.13. The third-order valence-electron chi connectivity index (χ3n) is 2.35. The van der Waals surface area contributed by atoms with Crippen molar-refractivity contribution >= 4 is 0 Å². The summed E-state index contributed by atoms with van der Waals surface area (Å²) in [4.78, 5) is 0. The summed E-state index contributed by atoms with van der Waals surface area (Å²) in [6, 6.07) is 0. The molecule has 0 radical (unpaired) electrons. The average Bonchev–Trinajstić information content (AvgIpc) is 2.20. The Hall–Kier alpha value is 1.16. The van der Waals surface area contributed by atoms with Gasteiger partial charge in [-0.05, 0) is 31.6 Å². The van der Waals surface area contributed by atoms with Crippen LogP contribution in [0.2, 0.25) is 0 Å². The minimum Gasteiger partial charge on any atom is -0.691 e. The second kappa shape index (κ2) is 12.2. The number of ether oxygens (including phenoxy) is 1. The molecule has 0 saturated heterocycles. The van der Waals surface area contributed by atoms with E-state index in [1.54, 1.807) is 0 Å². The van der Waals surface area contributed by atoms with Crippen LogP contribution in [-0.2, 0) is 4.74 Å². The fourth-order valence-electron chi connectivity index (χ4n) is 1.56. The number of hydrogen-bond donors (Lipinski definition) is 0. The Morgan fingerprint density at radius 2 is 1.71 bits per heavy atom. The van der Waals surface area contributed by atoms with E-state index in [0.29, 0.717) is 12.7 Å². The molecule has 0 aromatic heterocycles. The van der Waals surface area contributed by atoms with E-state index in [-0.39, 0.29) is 51.4 Å². The van der Waals surface area contributed by atoms with Crippen molar-refractivity contribution in [3.8, 4) is 5.92 Å². The Balaban J connectivity index is 0. The van der Waals surface area contributed by atoms with Crippen molar-refractivity contribution in [1.82, 2.24) is 0 Å². The Morgan fingerprint density at radius 1 is 1.21 bits per heavy atom. The van der Waals surface area contributed by atoms with Crippen LogP contribution in [0.4, 0.5) is 0 Å². The van der Waals surface area contributed by atoms with Gasteiger partial charge in [0.15, 0.2) is 0 Å². The quantitative estimate of drug-likeness (QED) is 0.367.